The molecule has 0 bridgehead atoms. The number of halogens is 1. The van der Waals surface area contributed by atoms with Gasteiger partial charge >= 0.3 is 0 Å². The predicted molar refractivity (Wildman–Crippen MR) is 128 cm³/mol. The van der Waals surface area contributed by atoms with E-state index in [4.69, 9.17) is 5.26 Å². The van der Waals surface area contributed by atoms with Crippen molar-refractivity contribution >= 4 is 17.2 Å². The molecule has 1 unspecified atom stereocenters. The van der Waals surface area contributed by atoms with E-state index in [1.54, 1.807) is 24.4 Å². The lowest BCUT2D eigenvalue weighted by Crippen LogP contribution is -2.57. The van der Waals surface area contributed by atoms with E-state index in [2.05, 4.69) is 27.4 Å². The van der Waals surface area contributed by atoms with Crippen LogP contribution in [0.4, 0.5) is 15.8 Å². The summed E-state index contributed by atoms with van der Waals surface area (Å²) in [5.41, 5.74) is 3.02. The highest BCUT2D eigenvalue weighted by molar-refractivity contribution is 5.91. The van der Waals surface area contributed by atoms with Crippen LogP contribution >= 0.6 is 0 Å². The molecule has 2 heterocycles. The molecule has 0 amide bonds. The quantitative estimate of drug-likeness (QED) is 0.656. The smallest absolute Gasteiger partial charge is 0.157 e. The van der Waals surface area contributed by atoms with Gasteiger partial charge in [-0.2, -0.15) is 5.26 Å². The third kappa shape index (κ3) is 4.58. The molecule has 1 aliphatic heterocycles. The lowest BCUT2D eigenvalue weighted by molar-refractivity contribution is -0.132. The van der Waals surface area contributed by atoms with Crippen molar-refractivity contribution in [3.8, 4) is 6.07 Å². The number of piperidine rings is 1. The first-order valence-electron chi connectivity index (χ1n) is 11.8. The summed E-state index contributed by atoms with van der Waals surface area (Å²) in [6, 6.07) is 8.84. The van der Waals surface area contributed by atoms with Crippen LogP contribution in [0.1, 0.15) is 56.9 Å². The topological polar surface area (TPSA) is 81.0 Å². The van der Waals surface area contributed by atoms with E-state index in [1.807, 2.05) is 26.0 Å². The zero-order chi connectivity index (χ0) is 23.6. The number of likely N-dealkylation sites (tertiary alicyclic amines) is 1. The van der Waals surface area contributed by atoms with Gasteiger partial charge in [0.25, 0.3) is 0 Å². The summed E-state index contributed by atoms with van der Waals surface area (Å²) in [5.74, 6) is 0.205. The van der Waals surface area contributed by atoms with E-state index in [0.717, 1.165) is 48.3 Å². The second kappa shape index (κ2) is 9.48. The van der Waals surface area contributed by atoms with Gasteiger partial charge < -0.3 is 10.6 Å². The van der Waals surface area contributed by atoms with Gasteiger partial charge in [-0.1, -0.05) is 6.92 Å². The number of pyridine rings is 1. The fourth-order valence-corrected chi connectivity index (χ4v) is 5.46. The van der Waals surface area contributed by atoms with E-state index in [1.165, 1.54) is 0 Å². The van der Waals surface area contributed by atoms with Crippen molar-refractivity contribution in [2.24, 2.45) is 5.92 Å². The summed E-state index contributed by atoms with van der Waals surface area (Å²) < 4.78 is 14.7. The molecule has 3 atom stereocenters. The van der Waals surface area contributed by atoms with Crippen LogP contribution in [0, 0.1) is 23.1 Å². The SMILES string of the molecule is CCNc1cc(F)cc2c1CCCC(=O)C2(C)N1C[C@@H](C)C[C@@H](Nc2ccc(C#N)nc2)C1. The van der Waals surface area contributed by atoms with Gasteiger partial charge in [-0.25, -0.2) is 9.37 Å². The van der Waals surface area contributed by atoms with E-state index in [-0.39, 0.29) is 17.6 Å². The number of nitrogens with zero attached hydrogens (tertiary/aromatic N) is 3. The third-order valence-corrected chi connectivity index (χ3v) is 7.02. The maximum atomic E-state index is 14.7. The molecule has 1 aromatic carbocycles. The van der Waals surface area contributed by atoms with Crippen molar-refractivity contribution in [2.75, 3.05) is 30.3 Å². The number of nitriles is 1. The van der Waals surface area contributed by atoms with Crippen LogP contribution in [0.5, 0.6) is 0 Å². The number of benzene rings is 1. The van der Waals surface area contributed by atoms with Crippen LogP contribution in [-0.4, -0.2) is 41.3 Å². The summed E-state index contributed by atoms with van der Waals surface area (Å²) >= 11 is 0. The number of aromatic nitrogens is 1. The Morgan fingerprint density at radius 2 is 2.12 bits per heavy atom. The van der Waals surface area contributed by atoms with Gasteiger partial charge in [0.1, 0.15) is 23.1 Å². The highest BCUT2D eigenvalue weighted by Gasteiger charge is 2.46. The van der Waals surface area contributed by atoms with E-state index in [0.29, 0.717) is 31.1 Å². The van der Waals surface area contributed by atoms with Gasteiger partial charge in [0, 0.05) is 37.8 Å². The minimum Gasteiger partial charge on any atom is -0.385 e. The second-order valence-corrected chi connectivity index (χ2v) is 9.49. The molecule has 1 aliphatic carbocycles. The van der Waals surface area contributed by atoms with Crippen molar-refractivity contribution in [2.45, 2.75) is 58.0 Å². The molecule has 0 spiro atoms. The zero-order valence-electron chi connectivity index (χ0n) is 19.6. The first-order chi connectivity index (χ1) is 15.8. The molecule has 7 heteroatoms. The number of Topliss-reactive ketones (excluding diaryl/α,β-unsaturated/α-hetero) is 1. The molecule has 174 valence electrons. The second-order valence-electron chi connectivity index (χ2n) is 9.49. The number of hydrogen-bond donors (Lipinski definition) is 2. The first-order valence-corrected chi connectivity index (χ1v) is 11.8. The summed E-state index contributed by atoms with van der Waals surface area (Å²) in [7, 11) is 0. The molecular weight excluding hydrogens is 417 g/mol. The van der Waals surface area contributed by atoms with Crippen LogP contribution in [0.15, 0.2) is 30.5 Å². The Morgan fingerprint density at radius 3 is 2.82 bits per heavy atom. The molecule has 2 aromatic rings. The van der Waals surface area contributed by atoms with Crippen LogP contribution in [0.2, 0.25) is 0 Å². The molecule has 0 radical (unpaired) electrons. The molecule has 1 saturated heterocycles. The van der Waals surface area contributed by atoms with E-state index >= 15 is 0 Å². The number of nitrogens with one attached hydrogen (secondary N) is 2. The Balaban J connectivity index is 1.68. The number of carbonyl (C=O) groups is 1. The van der Waals surface area contributed by atoms with Gasteiger partial charge in [0.15, 0.2) is 5.78 Å². The molecular formula is C26H32FN5O. The Labute approximate surface area is 195 Å². The van der Waals surface area contributed by atoms with Gasteiger partial charge in [-0.15, -0.1) is 0 Å². The van der Waals surface area contributed by atoms with Gasteiger partial charge in [0.2, 0.25) is 0 Å². The minimum absolute atomic E-state index is 0.113. The standard InChI is InChI=1S/C26H32FN5O/c1-4-29-24-12-18(27)11-23-22(24)6-5-7-25(33)26(23,3)32-15-17(2)10-21(16-32)31-20-9-8-19(13-28)30-14-20/h8-9,11-12,14,17,21,29,31H,4-7,10,15-16H2,1-3H3/t17-,21+,26?/m0/s1. The van der Waals surface area contributed by atoms with Crippen LogP contribution in [-0.2, 0) is 16.8 Å². The van der Waals surface area contributed by atoms with E-state index in [9.17, 15) is 9.18 Å². The Bertz CT molecular complexity index is 1060. The number of rotatable bonds is 5. The predicted octanol–water partition coefficient (Wildman–Crippen LogP) is 4.47. The Kier molecular flexibility index (Phi) is 6.66. The minimum atomic E-state index is -0.879. The highest BCUT2D eigenvalue weighted by Crippen LogP contribution is 2.42. The molecule has 2 aliphatic rings. The van der Waals surface area contributed by atoms with Crippen molar-refractivity contribution < 1.29 is 9.18 Å². The molecule has 6 nitrogen and oxygen atoms in total. The fourth-order valence-electron chi connectivity index (χ4n) is 5.46. The first kappa shape index (κ1) is 23.2. The monoisotopic (exact) mass is 449 g/mol. The summed E-state index contributed by atoms with van der Waals surface area (Å²) in [6.45, 7) is 8.31. The molecule has 2 N–H and O–H groups in total. The number of hydrogen-bond acceptors (Lipinski definition) is 6. The fraction of sp³-hybridized carbons (Fsp3) is 0.500. The number of ketones is 1. The summed E-state index contributed by atoms with van der Waals surface area (Å²) in [6.07, 6.45) is 4.66. The molecule has 33 heavy (non-hydrogen) atoms. The van der Waals surface area contributed by atoms with Crippen molar-refractivity contribution in [3.63, 3.8) is 0 Å². The maximum absolute atomic E-state index is 14.7. The molecule has 4 rings (SSSR count). The average Bonchev–Trinajstić information content (AvgIpc) is 2.91. The molecule has 0 saturated carbocycles. The lowest BCUT2D eigenvalue weighted by atomic mass is 9.80. The van der Waals surface area contributed by atoms with E-state index < -0.39 is 5.54 Å². The highest BCUT2D eigenvalue weighted by atomic mass is 19.1. The largest absolute Gasteiger partial charge is 0.385 e. The van der Waals surface area contributed by atoms with Gasteiger partial charge in [-0.05, 0) is 74.4 Å². The number of carbonyl (C=O) groups excluding carboxylic acids is 1. The lowest BCUT2D eigenvalue weighted by Gasteiger charge is -2.47. The van der Waals surface area contributed by atoms with Crippen molar-refractivity contribution in [3.05, 3.63) is 53.1 Å². The van der Waals surface area contributed by atoms with Gasteiger partial charge in [-0.3, -0.25) is 9.69 Å². The van der Waals surface area contributed by atoms with Crippen molar-refractivity contribution in [1.29, 1.82) is 5.26 Å². The normalized spacial score (nSPS) is 25.6. The molecule has 1 fully saturated rings. The van der Waals surface area contributed by atoms with Gasteiger partial charge in [0.05, 0.1) is 11.9 Å². The number of fused-ring (bicyclic) bond motifs is 1. The zero-order valence-corrected chi connectivity index (χ0v) is 19.6. The summed E-state index contributed by atoms with van der Waals surface area (Å²) in [5, 5.41) is 15.8. The van der Waals surface area contributed by atoms with Crippen LogP contribution in [0.25, 0.3) is 0 Å². The Hall–Kier alpha value is -2.98. The van der Waals surface area contributed by atoms with Crippen molar-refractivity contribution in [1.82, 2.24) is 9.88 Å². The van der Waals surface area contributed by atoms with Crippen LogP contribution in [0.3, 0.4) is 0 Å². The summed E-state index contributed by atoms with van der Waals surface area (Å²) in [4.78, 5) is 20.0. The Morgan fingerprint density at radius 1 is 1.30 bits per heavy atom. The number of anilines is 2. The maximum Gasteiger partial charge on any atom is 0.157 e. The molecule has 1 aromatic heterocycles. The average molecular weight is 450 g/mol. The van der Waals surface area contributed by atoms with Crippen LogP contribution < -0.4 is 10.6 Å². The third-order valence-electron chi connectivity index (χ3n) is 7.02.